The van der Waals surface area contributed by atoms with Gasteiger partial charge in [-0.3, -0.25) is 6.08 Å². The molecule has 0 aromatic rings. The van der Waals surface area contributed by atoms with Gasteiger partial charge in [-0.1, -0.05) is 0 Å². The summed E-state index contributed by atoms with van der Waals surface area (Å²) in [4.78, 5) is 0. The molecule has 0 radical (unpaired) electrons. The van der Waals surface area contributed by atoms with Crippen LogP contribution in [0.3, 0.4) is 0 Å². The predicted octanol–water partition coefficient (Wildman–Crippen LogP) is -3.07. The number of hydrogen-bond donors (Lipinski definition) is 0. The first-order chi connectivity index (χ1) is 4.23. The predicted molar refractivity (Wildman–Crippen MR) is 41.8 cm³/mol. The quantitative estimate of drug-likeness (QED) is 0.245. The first kappa shape index (κ1) is 17.7. The SMILES string of the molecule is C[C-](C)C.[C-]1=CC=CC1.[Li+].[Li+]. The zero-order chi connectivity index (χ0) is 7.11. The van der Waals surface area contributed by atoms with Gasteiger partial charge in [-0.05, 0) is 0 Å². The Bertz CT molecular complexity index is 91.4. The van der Waals surface area contributed by atoms with Crippen LogP contribution >= 0.6 is 0 Å². The van der Waals surface area contributed by atoms with Gasteiger partial charge in [-0.15, -0.1) is 6.42 Å². The maximum atomic E-state index is 2.99. The van der Waals surface area contributed by atoms with Gasteiger partial charge in [-0.25, -0.2) is 12.2 Å². The molecule has 0 saturated carbocycles. The van der Waals surface area contributed by atoms with E-state index in [0.717, 1.165) is 6.42 Å². The van der Waals surface area contributed by atoms with Crippen LogP contribution < -0.4 is 37.7 Å². The van der Waals surface area contributed by atoms with Gasteiger partial charge >= 0.3 is 37.7 Å². The van der Waals surface area contributed by atoms with Crippen molar-refractivity contribution in [2.75, 3.05) is 0 Å². The molecule has 0 nitrogen and oxygen atoms in total. The van der Waals surface area contributed by atoms with E-state index in [1.807, 2.05) is 12.2 Å². The molecule has 0 heterocycles. The summed E-state index contributed by atoms with van der Waals surface area (Å²) in [6.45, 7) is 6.25. The first-order valence-corrected chi connectivity index (χ1v) is 3.22. The van der Waals surface area contributed by atoms with Gasteiger partial charge in [0.1, 0.15) is 0 Å². The van der Waals surface area contributed by atoms with Gasteiger partial charge < -0.3 is 5.92 Å². The van der Waals surface area contributed by atoms with Crippen molar-refractivity contribution in [3.05, 3.63) is 30.2 Å². The molecule has 0 spiro atoms. The zero-order valence-corrected chi connectivity index (χ0v) is 8.44. The zero-order valence-electron chi connectivity index (χ0n) is 8.44. The van der Waals surface area contributed by atoms with E-state index in [9.17, 15) is 0 Å². The second-order valence-corrected chi connectivity index (χ2v) is 2.50. The molecule has 0 atom stereocenters. The summed E-state index contributed by atoms with van der Waals surface area (Å²) in [5.74, 6) is 1.42. The average molecular weight is 136 g/mol. The third-order valence-electron chi connectivity index (χ3n) is 0.586. The minimum absolute atomic E-state index is 0. The topological polar surface area (TPSA) is 0 Å². The molecule has 1 aliphatic carbocycles. The Morgan fingerprint density at radius 2 is 1.64 bits per heavy atom. The van der Waals surface area contributed by atoms with E-state index in [1.54, 1.807) is 0 Å². The Balaban J connectivity index is -0.000000101. The van der Waals surface area contributed by atoms with Gasteiger partial charge in [0.25, 0.3) is 0 Å². The minimum atomic E-state index is 0. The molecule has 0 amide bonds. The van der Waals surface area contributed by atoms with E-state index >= 15 is 0 Å². The first-order valence-electron chi connectivity index (χ1n) is 3.22. The molecule has 1 aliphatic rings. The third-order valence-corrected chi connectivity index (χ3v) is 0.586. The largest absolute Gasteiger partial charge is 1.00 e. The molecule has 0 aliphatic heterocycles. The number of hydrogen-bond acceptors (Lipinski definition) is 0. The molecular formula is C9H14Li2. The van der Waals surface area contributed by atoms with Crippen molar-refractivity contribution in [2.45, 2.75) is 27.2 Å². The molecular weight excluding hydrogens is 122 g/mol. The van der Waals surface area contributed by atoms with Crippen LogP contribution in [0.15, 0.2) is 18.2 Å². The summed E-state index contributed by atoms with van der Waals surface area (Å²) in [6, 6.07) is 0. The molecule has 0 saturated heterocycles. The van der Waals surface area contributed by atoms with Crippen LogP contribution in [0.1, 0.15) is 27.2 Å². The molecule has 0 bridgehead atoms. The summed E-state index contributed by atoms with van der Waals surface area (Å²) in [6.07, 6.45) is 10.0. The fourth-order valence-corrected chi connectivity index (χ4v) is 0.340. The van der Waals surface area contributed by atoms with Crippen molar-refractivity contribution >= 4 is 0 Å². The minimum Gasteiger partial charge on any atom is -0.323 e. The molecule has 0 aromatic carbocycles. The Morgan fingerprint density at radius 3 is 1.73 bits per heavy atom. The normalized spacial score (nSPS) is 11.3. The van der Waals surface area contributed by atoms with Crippen LogP contribution in [0.4, 0.5) is 0 Å². The van der Waals surface area contributed by atoms with Gasteiger partial charge in [0.2, 0.25) is 0 Å². The van der Waals surface area contributed by atoms with Crippen molar-refractivity contribution in [1.82, 2.24) is 0 Å². The van der Waals surface area contributed by atoms with Crippen molar-refractivity contribution < 1.29 is 37.7 Å². The van der Waals surface area contributed by atoms with E-state index in [-0.39, 0.29) is 37.7 Å². The van der Waals surface area contributed by atoms with E-state index < -0.39 is 0 Å². The Labute approximate surface area is 94.9 Å². The summed E-state index contributed by atoms with van der Waals surface area (Å²) in [5.41, 5.74) is 0. The van der Waals surface area contributed by atoms with Crippen molar-refractivity contribution in [1.29, 1.82) is 0 Å². The maximum Gasteiger partial charge on any atom is 1.00 e. The third kappa shape index (κ3) is 24.9. The van der Waals surface area contributed by atoms with Crippen LogP contribution in [0, 0.1) is 12.0 Å². The van der Waals surface area contributed by atoms with Crippen LogP contribution in [0.5, 0.6) is 0 Å². The standard InChI is InChI=1S/C5H5.C4H9.2Li/c1-2-4-5-3-1;1-4(2)3;;/h1-3H,4H2;1-3H3;;/q2*-1;2*+1. The van der Waals surface area contributed by atoms with Crippen LogP contribution in [0.25, 0.3) is 0 Å². The van der Waals surface area contributed by atoms with Crippen LogP contribution in [-0.4, -0.2) is 0 Å². The smallest absolute Gasteiger partial charge is 0.323 e. The van der Waals surface area contributed by atoms with Gasteiger partial charge in [-0.2, -0.15) is 26.8 Å². The molecule has 11 heavy (non-hydrogen) atoms. The summed E-state index contributed by atoms with van der Waals surface area (Å²) in [5, 5.41) is 0. The average Bonchev–Trinajstić information content (AvgIpc) is 2.11. The van der Waals surface area contributed by atoms with E-state index in [4.69, 9.17) is 0 Å². The number of rotatable bonds is 0. The Kier molecular flexibility index (Phi) is 21.3. The monoisotopic (exact) mass is 136 g/mol. The summed E-state index contributed by atoms with van der Waals surface area (Å²) >= 11 is 0. The summed E-state index contributed by atoms with van der Waals surface area (Å²) < 4.78 is 0. The van der Waals surface area contributed by atoms with Crippen molar-refractivity contribution in [2.24, 2.45) is 0 Å². The fourth-order valence-electron chi connectivity index (χ4n) is 0.340. The molecule has 0 unspecified atom stereocenters. The fraction of sp³-hybridized carbons (Fsp3) is 0.444. The molecule has 2 heteroatoms. The molecule has 52 valence electrons. The van der Waals surface area contributed by atoms with Crippen molar-refractivity contribution in [3.63, 3.8) is 0 Å². The van der Waals surface area contributed by atoms with E-state index in [2.05, 4.69) is 32.9 Å². The van der Waals surface area contributed by atoms with Gasteiger partial charge in [0, 0.05) is 0 Å². The molecule has 0 aromatic heterocycles. The van der Waals surface area contributed by atoms with Crippen LogP contribution in [-0.2, 0) is 0 Å². The van der Waals surface area contributed by atoms with Crippen LogP contribution in [0.2, 0.25) is 0 Å². The maximum absolute atomic E-state index is 2.99. The Morgan fingerprint density at radius 1 is 1.18 bits per heavy atom. The van der Waals surface area contributed by atoms with Crippen molar-refractivity contribution in [3.8, 4) is 0 Å². The molecule has 0 fully saturated rings. The summed E-state index contributed by atoms with van der Waals surface area (Å²) in [7, 11) is 0. The van der Waals surface area contributed by atoms with Gasteiger partial charge in [0.15, 0.2) is 0 Å². The Hall–Kier alpha value is 0.675. The van der Waals surface area contributed by atoms with E-state index in [1.165, 1.54) is 5.92 Å². The second-order valence-electron chi connectivity index (χ2n) is 2.50. The van der Waals surface area contributed by atoms with E-state index in [0.29, 0.717) is 0 Å². The molecule has 0 N–H and O–H groups in total. The van der Waals surface area contributed by atoms with Gasteiger partial charge in [0.05, 0.1) is 0 Å². The molecule has 1 rings (SSSR count). The number of allylic oxidation sites excluding steroid dienone is 4. The second kappa shape index (κ2) is 13.3.